The van der Waals surface area contributed by atoms with E-state index in [4.69, 9.17) is 5.11 Å². The molecule has 3 N–H and O–H groups in total. The van der Waals surface area contributed by atoms with Crippen molar-refractivity contribution in [2.24, 2.45) is 0 Å². The molecule has 136 valence electrons. The van der Waals surface area contributed by atoms with Crippen LogP contribution in [0.5, 0.6) is 11.5 Å². The summed E-state index contributed by atoms with van der Waals surface area (Å²) in [5.41, 5.74) is 2.02. The lowest BCUT2D eigenvalue weighted by atomic mass is 10.0. The fourth-order valence-electron chi connectivity index (χ4n) is 2.74. The van der Waals surface area contributed by atoms with Crippen LogP contribution >= 0.6 is 0 Å². The summed E-state index contributed by atoms with van der Waals surface area (Å²) in [6.07, 6.45) is 0. The first kappa shape index (κ1) is 18.0. The van der Waals surface area contributed by atoms with E-state index >= 15 is 0 Å². The Morgan fingerprint density at radius 3 is 1.67 bits per heavy atom. The number of phenolic OH excluding ortho intramolecular Hbond substituents is 2. The maximum atomic E-state index is 13.3. The Morgan fingerprint density at radius 1 is 0.778 bits per heavy atom. The highest BCUT2D eigenvalue weighted by Crippen LogP contribution is 2.31. The number of phenols is 2. The number of benzene rings is 3. The van der Waals surface area contributed by atoms with Gasteiger partial charge in [0.25, 0.3) is 5.91 Å². The maximum Gasteiger partial charge on any atom is 0.335 e. The Labute approximate surface area is 155 Å². The normalized spacial score (nSPS) is 10.4. The summed E-state index contributed by atoms with van der Waals surface area (Å²) in [7, 11) is 0. The Bertz CT molecular complexity index is 949. The molecule has 27 heavy (non-hydrogen) atoms. The lowest BCUT2D eigenvalue weighted by Crippen LogP contribution is -2.26. The first-order valence-electron chi connectivity index (χ1n) is 8.13. The fourth-order valence-corrected chi connectivity index (χ4v) is 2.74. The predicted octanol–water partition coefficient (Wildman–Crippen LogP) is 4.08. The summed E-state index contributed by atoms with van der Waals surface area (Å²) in [5, 5.41) is 28.2. The van der Waals surface area contributed by atoms with Crippen molar-refractivity contribution in [3.05, 3.63) is 83.4 Å². The number of aromatic carboxylic acids is 1. The van der Waals surface area contributed by atoms with Crippen LogP contribution in [0.2, 0.25) is 0 Å². The highest BCUT2D eigenvalue weighted by atomic mass is 16.4. The monoisotopic (exact) mass is 363 g/mol. The third-order valence-electron chi connectivity index (χ3n) is 4.12. The molecule has 0 aliphatic rings. The van der Waals surface area contributed by atoms with E-state index in [0.717, 1.165) is 0 Å². The van der Waals surface area contributed by atoms with Crippen LogP contribution in [-0.2, 0) is 0 Å². The molecule has 3 aromatic rings. The molecular weight excluding hydrogens is 346 g/mol. The summed E-state index contributed by atoms with van der Waals surface area (Å²) >= 11 is 0. The van der Waals surface area contributed by atoms with E-state index in [1.54, 1.807) is 31.2 Å². The second-order valence-corrected chi connectivity index (χ2v) is 6.01. The number of carbonyl (C=O) groups excluding carboxylic acids is 1. The largest absolute Gasteiger partial charge is 0.508 e. The van der Waals surface area contributed by atoms with Gasteiger partial charge in [-0.05, 0) is 79.2 Å². The van der Waals surface area contributed by atoms with E-state index in [1.165, 1.54) is 47.4 Å². The number of nitrogens with zero attached hydrogens (tertiary/aromatic N) is 1. The molecule has 0 atom stereocenters. The summed E-state index contributed by atoms with van der Waals surface area (Å²) < 4.78 is 0. The summed E-state index contributed by atoms with van der Waals surface area (Å²) in [4.78, 5) is 25.8. The van der Waals surface area contributed by atoms with Gasteiger partial charge in [-0.1, -0.05) is 0 Å². The molecule has 0 spiro atoms. The second kappa shape index (κ2) is 7.21. The van der Waals surface area contributed by atoms with Crippen LogP contribution in [0, 0.1) is 6.92 Å². The van der Waals surface area contributed by atoms with Crippen LogP contribution < -0.4 is 4.90 Å². The van der Waals surface area contributed by atoms with Gasteiger partial charge in [0, 0.05) is 16.9 Å². The SMILES string of the molecule is Cc1cc(C(=O)O)ccc1C(=O)N(c1ccc(O)cc1)c1ccc(O)cc1. The van der Waals surface area contributed by atoms with Crippen LogP contribution in [0.15, 0.2) is 66.7 Å². The molecule has 0 fully saturated rings. The van der Waals surface area contributed by atoms with Crippen molar-refractivity contribution in [2.45, 2.75) is 6.92 Å². The molecule has 0 aliphatic carbocycles. The lowest BCUT2D eigenvalue weighted by Gasteiger charge is -2.24. The van der Waals surface area contributed by atoms with Gasteiger partial charge in [0.1, 0.15) is 11.5 Å². The number of aryl methyl sites for hydroxylation is 1. The van der Waals surface area contributed by atoms with Gasteiger partial charge < -0.3 is 15.3 Å². The third-order valence-corrected chi connectivity index (χ3v) is 4.12. The number of aromatic hydroxyl groups is 2. The van der Waals surface area contributed by atoms with E-state index in [1.807, 2.05) is 0 Å². The minimum atomic E-state index is -1.06. The van der Waals surface area contributed by atoms with Gasteiger partial charge in [-0.2, -0.15) is 0 Å². The van der Waals surface area contributed by atoms with Gasteiger partial charge in [-0.15, -0.1) is 0 Å². The number of carboxylic acid groups (broad SMARTS) is 1. The average molecular weight is 363 g/mol. The van der Waals surface area contributed by atoms with E-state index in [-0.39, 0.29) is 23.0 Å². The number of anilines is 2. The van der Waals surface area contributed by atoms with E-state index < -0.39 is 5.97 Å². The molecule has 0 radical (unpaired) electrons. The van der Waals surface area contributed by atoms with E-state index in [9.17, 15) is 19.8 Å². The van der Waals surface area contributed by atoms with Crippen molar-refractivity contribution < 1.29 is 24.9 Å². The first-order valence-corrected chi connectivity index (χ1v) is 8.13. The van der Waals surface area contributed by atoms with Crippen LogP contribution in [-0.4, -0.2) is 27.2 Å². The van der Waals surface area contributed by atoms with Crippen molar-refractivity contribution in [1.82, 2.24) is 0 Å². The molecule has 0 saturated carbocycles. The fraction of sp³-hybridized carbons (Fsp3) is 0.0476. The molecule has 0 unspecified atom stereocenters. The molecule has 1 amide bonds. The Kier molecular flexibility index (Phi) is 4.81. The number of rotatable bonds is 4. The lowest BCUT2D eigenvalue weighted by molar-refractivity contribution is 0.0696. The van der Waals surface area contributed by atoms with Crippen molar-refractivity contribution in [2.75, 3.05) is 4.90 Å². The number of carboxylic acids is 1. The minimum absolute atomic E-state index is 0.0684. The van der Waals surface area contributed by atoms with Crippen LogP contribution in [0.3, 0.4) is 0 Å². The predicted molar refractivity (Wildman–Crippen MR) is 101 cm³/mol. The molecule has 3 rings (SSSR count). The zero-order valence-corrected chi connectivity index (χ0v) is 14.5. The molecule has 0 saturated heterocycles. The first-order chi connectivity index (χ1) is 12.9. The summed E-state index contributed by atoms with van der Waals surface area (Å²) in [5.74, 6) is -1.29. The van der Waals surface area contributed by atoms with Crippen molar-refractivity contribution >= 4 is 23.3 Å². The number of hydrogen-bond acceptors (Lipinski definition) is 4. The highest BCUT2D eigenvalue weighted by Gasteiger charge is 2.22. The smallest absolute Gasteiger partial charge is 0.335 e. The molecule has 0 aliphatic heterocycles. The molecule has 6 heteroatoms. The highest BCUT2D eigenvalue weighted by molar-refractivity contribution is 6.12. The molecule has 6 nitrogen and oxygen atoms in total. The van der Waals surface area contributed by atoms with Gasteiger partial charge in [0.15, 0.2) is 0 Å². The molecule has 0 bridgehead atoms. The Morgan fingerprint density at radius 2 is 1.26 bits per heavy atom. The molecule has 3 aromatic carbocycles. The topological polar surface area (TPSA) is 98.1 Å². The summed E-state index contributed by atoms with van der Waals surface area (Å²) in [6, 6.07) is 16.6. The van der Waals surface area contributed by atoms with E-state index in [2.05, 4.69) is 0 Å². The number of amides is 1. The zero-order valence-electron chi connectivity index (χ0n) is 14.5. The van der Waals surface area contributed by atoms with Gasteiger partial charge in [0.2, 0.25) is 0 Å². The molecular formula is C21H17NO5. The van der Waals surface area contributed by atoms with E-state index in [0.29, 0.717) is 22.5 Å². The Balaban J connectivity index is 2.09. The van der Waals surface area contributed by atoms with Crippen molar-refractivity contribution in [3.8, 4) is 11.5 Å². The van der Waals surface area contributed by atoms with Crippen LogP contribution in [0.25, 0.3) is 0 Å². The molecule has 0 aromatic heterocycles. The standard InChI is InChI=1S/C21H17NO5/c1-13-12-14(21(26)27)2-11-19(13)20(25)22(15-3-7-17(23)8-4-15)16-5-9-18(24)10-6-16/h2-12,23-24H,1H3,(H,26,27). The van der Waals surface area contributed by atoms with Gasteiger partial charge in [-0.25, -0.2) is 4.79 Å². The minimum Gasteiger partial charge on any atom is -0.508 e. The summed E-state index contributed by atoms with van der Waals surface area (Å²) in [6.45, 7) is 1.67. The molecule has 0 heterocycles. The Hall–Kier alpha value is -3.80. The van der Waals surface area contributed by atoms with Crippen LogP contribution in [0.1, 0.15) is 26.3 Å². The van der Waals surface area contributed by atoms with Crippen LogP contribution in [0.4, 0.5) is 11.4 Å². The second-order valence-electron chi connectivity index (χ2n) is 6.01. The van der Waals surface area contributed by atoms with Gasteiger partial charge >= 0.3 is 5.97 Å². The quantitative estimate of drug-likeness (QED) is 0.649. The van der Waals surface area contributed by atoms with Gasteiger partial charge in [-0.3, -0.25) is 9.69 Å². The number of hydrogen-bond donors (Lipinski definition) is 3. The van der Waals surface area contributed by atoms with Gasteiger partial charge in [0.05, 0.1) is 5.56 Å². The third kappa shape index (κ3) is 3.74. The maximum absolute atomic E-state index is 13.3. The van der Waals surface area contributed by atoms with Crippen molar-refractivity contribution in [3.63, 3.8) is 0 Å². The van der Waals surface area contributed by atoms with Crippen molar-refractivity contribution in [1.29, 1.82) is 0 Å². The average Bonchev–Trinajstić information content (AvgIpc) is 2.64. The zero-order chi connectivity index (χ0) is 19.6. The number of carbonyl (C=O) groups is 2.